The molecule has 2 N–H and O–H groups in total. The van der Waals surface area contributed by atoms with Crippen LogP contribution in [0.5, 0.6) is 0 Å². The topological polar surface area (TPSA) is 59.2 Å². The molecule has 22 heavy (non-hydrogen) atoms. The van der Waals surface area contributed by atoms with E-state index in [1.165, 1.54) is 23.5 Å². The molecule has 0 unspecified atom stereocenters. The molecular weight excluding hydrogens is 301 g/mol. The molecule has 2 heterocycles. The molecule has 1 saturated heterocycles. The normalized spacial score (nSPS) is 18.0. The molecule has 1 amide bonds. The van der Waals surface area contributed by atoms with E-state index in [9.17, 15) is 9.18 Å². The monoisotopic (exact) mass is 319 g/mol. The number of halogens is 1. The number of aromatic nitrogens is 1. The van der Waals surface area contributed by atoms with Gasteiger partial charge in [-0.2, -0.15) is 0 Å². The summed E-state index contributed by atoms with van der Waals surface area (Å²) < 4.78 is 13.1. The van der Waals surface area contributed by atoms with Crippen molar-refractivity contribution in [3.05, 3.63) is 40.8 Å². The Morgan fingerprint density at radius 1 is 1.45 bits per heavy atom. The summed E-state index contributed by atoms with van der Waals surface area (Å²) in [7, 11) is 0. The van der Waals surface area contributed by atoms with Crippen LogP contribution in [0, 0.1) is 12.7 Å². The van der Waals surface area contributed by atoms with Gasteiger partial charge in [-0.25, -0.2) is 9.37 Å². The number of hydrogen-bond donors (Lipinski definition) is 1. The Balaban J connectivity index is 1.97. The highest BCUT2D eigenvalue weighted by molar-refractivity contribution is 7.15. The third-order valence-electron chi connectivity index (χ3n) is 3.95. The fraction of sp³-hybridized carbons (Fsp3) is 0.375. The van der Waals surface area contributed by atoms with Crippen LogP contribution in [0.25, 0.3) is 10.4 Å². The average Bonchev–Trinajstić information content (AvgIpc) is 3.13. The van der Waals surface area contributed by atoms with E-state index in [-0.39, 0.29) is 17.8 Å². The molecule has 3 rings (SSSR count). The lowest BCUT2D eigenvalue weighted by molar-refractivity contribution is 0.0736. The quantitative estimate of drug-likeness (QED) is 0.946. The van der Waals surface area contributed by atoms with E-state index in [0.717, 1.165) is 34.8 Å². The van der Waals surface area contributed by atoms with Gasteiger partial charge in [0, 0.05) is 19.1 Å². The molecular formula is C16H18FN3OS. The first-order chi connectivity index (χ1) is 10.6. The fourth-order valence-corrected chi connectivity index (χ4v) is 3.77. The van der Waals surface area contributed by atoms with Crippen LogP contribution >= 0.6 is 11.3 Å². The Morgan fingerprint density at radius 3 is 2.86 bits per heavy atom. The molecule has 0 spiro atoms. The van der Waals surface area contributed by atoms with Crippen LogP contribution in [-0.4, -0.2) is 34.9 Å². The van der Waals surface area contributed by atoms with E-state index >= 15 is 0 Å². The highest BCUT2D eigenvalue weighted by atomic mass is 32.1. The van der Waals surface area contributed by atoms with Crippen LogP contribution in [-0.2, 0) is 0 Å². The second-order valence-electron chi connectivity index (χ2n) is 5.45. The summed E-state index contributed by atoms with van der Waals surface area (Å²) in [5.41, 5.74) is 7.03. The smallest absolute Gasteiger partial charge is 0.274 e. The number of nitrogens with two attached hydrogens (primary N) is 1. The Labute approximate surface area is 132 Å². The lowest BCUT2D eigenvalue weighted by Crippen LogP contribution is -2.40. The second-order valence-corrected chi connectivity index (χ2v) is 6.65. The van der Waals surface area contributed by atoms with Crippen LogP contribution < -0.4 is 5.73 Å². The Morgan fingerprint density at radius 2 is 2.18 bits per heavy atom. The summed E-state index contributed by atoms with van der Waals surface area (Å²) in [6.07, 6.45) is 1.92. The molecule has 1 aromatic carbocycles. The number of rotatable bonds is 3. The van der Waals surface area contributed by atoms with Crippen molar-refractivity contribution in [2.24, 2.45) is 5.73 Å². The molecule has 1 aliphatic heterocycles. The number of nitrogens with zero attached hydrogens (tertiary/aromatic N) is 2. The zero-order valence-corrected chi connectivity index (χ0v) is 13.2. The van der Waals surface area contributed by atoms with Gasteiger partial charge in [-0.15, -0.1) is 11.3 Å². The van der Waals surface area contributed by atoms with Gasteiger partial charge in [-0.05, 0) is 37.5 Å². The number of carbonyl (C=O) groups excluding carboxylic acids is 1. The van der Waals surface area contributed by atoms with E-state index in [4.69, 9.17) is 5.73 Å². The first kappa shape index (κ1) is 15.1. The average molecular weight is 319 g/mol. The first-order valence-electron chi connectivity index (χ1n) is 7.34. The summed E-state index contributed by atoms with van der Waals surface area (Å²) in [5.74, 6) is -0.364. The third-order valence-corrected chi connectivity index (χ3v) is 4.97. The summed E-state index contributed by atoms with van der Waals surface area (Å²) in [5, 5.41) is 0.825. The Hall–Kier alpha value is -1.79. The molecule has 116 valence electrons. The van der Waals surface area contributed by atoms with Crippen molar-refractivity contribution in [3.8, 4) is 10.4 Å². The van der Waals surface area contributed by atoms with Gasteiger partial charge in [0.15, 0.2) is 0 Å². The van der Waals surface area contributed by atoms with E-state index < -0.39 is 0 Å². The van der Waals surface area contributed by atoms with Gasteiger partial charge < -0.3 is 10.6 Å². The van der Waals surface area contributed by atoms with Crippen LogP contribution in [0.1, 0.15) is 28.3 Å². The lowest BCUT2D eigenvalue weighted by atomic mass is 10.1. The van der Waals surface area contributed by atoms with Gasteiger partial charge in [0.05, 0.1) is 9.88 Å². The van der Waals surface area contributed by atoms with Crippen LogP contribution in [0.2, 0.25) is 0 Å². The van der Waals surface area contributed by atoms with Gasteiger partial charge in [0.1, 0.15) is 11.5 Å². The molecule has 0 aliphatic carbocycles. The number of aryl methyl sites for hydroxylation is 1. The molecule has 1 aromatic heterocycles. The molecule has 6 heteroatoms. The van der Waals surface area contributed by atoms with Gasteiger partial charge in [0.25, 0.3) is 5.91 Å². The maximum absolute atomic E-state index is 13.1. The molecule has 1 fully saturated rings. The van der Waals surface area contributed by atoms with Crippen molar-refractivity contribution < 1.29 is 9.18 Å². The van der Waals surface area contributed by atoms with Crippen LogP contribution in [0.4, 0.5) is 4.39 Å². The minimum atomic E-state index is -0.291. The minimum Gasteiger partial charge on any atom is -0.333 e. The largest absolute Gasteiger partial charge is 0.333 e. The van der Waals surface area contributed by atoms with Crippen molar-refractivity contribution in [2.45, 2.75) is 25.8 Å². The van der Waals surface area contributed by atoms with Crippen molar-refractivity contribution in [3.63, 3.8) is 0 Å². The molecule has 4 nitrogen and oxygen atoms in total. The highest BCUT2D eigenvalue weighted by Gasteiger charge is 2.31. The number of thiazole rings is 1. The summed E-state index contributed by atoms with van der Waals surface area (Å²) in [6.45, 7) is 3.07. The summed E-state index contributed by atoms with van der Waals surface area (Å²) in [4.78, 5) is 19.9. The second kappa shape index (κ2) is 6.14. The maximum atomic E-state index is 13.1. The predicted octanol–water partition coefficient (Wildman–Crippen LogP) is 2.82. The SMILES string of the molecule is Cc1nc(C(=O)N2CCC[C@H]2CN)c(-c2ccc(F)cc2)s1. The van der Waals surface area contributed by atoms with Crippen molar-refractivity contribution >= 4 is 17.2 Å². The van der Waals surface area contributed by atoms with E-state index in [1.54, 1.807) is 12.1 Å². The standard InChI is InChI=1S/C16H18FN3OS/c1-10-19-14(16(21)20-8-2-3-13(20)9-18)15(22-10)11-4-6-12(17)7-5-11/h4-7,13H,2-3,8-9,18H2,1H3/t13-/m0/s1. The van der Waals surface area contributed by atoms with E-state index in [2.05, 4.69) is 4.98 Å². The lowest BCUT2D eigenvalue weighted by Gasteiger charge is -2.23. The molecule has 1 aliphatic rings. The molecule has 2 aromatic rings. The minimum absolute atomic E-state index is 0.0726. The Kier molecular flexibility index (Phi) is 4.22. The molecule has 0 saturated carbocycles. The summed E-state index contributed by atoms with van der Waals surface area (Å²) in [6, 6.07) is 6.26. The third kappa shape index (κ3) is 2.76. The number of benzene rings is 1. The molecule has 0 radical (unpaired) electrons. The summed E-state index contributed by atoms with van der Waals surface area (Å²) >= 11 is 1.46. The molecule has 0 bridgehead atoms. The van der Waals surface area contributed by atoms with Crippen LogP contribution in [0.3, 0.4) is 0 Å². The Bertz CT molecular complexity index is 683. The zero-order valence-electron chi connectivity index (χ0n) is 12.4. The van der Waals surface area contributed by atoms with E-state index in [0.29, 0.717) is 12.2 Å². The maximum Gasteiger partial charge on any atom is 0.274 e. The van der Waals surface area contributed by atoms with Gasteiger partial charge in [-0.1, -0.05) is 12.1 Å². The number of amides is 1. The van der Waals surface area contributed by atoms with Crippen molar-refractivity contribution in [1.29, 1.82) is 0 Å². The number of carbonyl (C=O) groups is 1. The number of likely N-dealkylation sites (tertiary alicyclic amines) is 1. The predicted molar refractivity (Wildman–Crippen MR) is 85.4 cm³/mol. The fourth-order valence-electron chi connectivity index (χ4n) is 2.85. The van der Waals surface area contributed by atoms with E-state index in [1.807, 2.05) is 11.8 Å². The van der Waals surface area contributed by atoms with Gasteiger partial charge >= 0.3 is 0 Å². The number of hydrogen-bond acceptors (Lipinski definition) is 4. The highest BCUT2D eigenvalue weighted by Crippen LogP contribution is 2.32. The van der Waals surface area contributed by atoms with Crippen molar-refractivity contribution in [2.75, 3.05) is 13.1 Å². The van der Waals surface area contributed by atoms with Crippen molar-refractivity contribution in [1.82, 2.24) is 9.88 Å². The van der Waals surface area contributed by atoms with Crippen LogP contribution in [0.15, 0.2) is 24.3 Å². The van der Waals surface area contributed by atoms with Gasteiger partial charge in [0.2, 0.25) is 0 Å². The van der Waals surface area contributed by atoms with Gasteiger partial charge in [-0.3, -0.25) is 4.79 Å². The zero-order chi connectivity index (χ0) is 15.7. The first-order valence-corrected chi connectivity index (χ1v) is 8.16. The molecule has 1 atom stereocenters.